The van der Waals surface area contributed by atoms with Gasteiger partial charge >= 0.3 is 41.8 Å². The van der Waals surface area contributed by atoms with Gasteiger partial charge in [0.1, 0.15) is 48.1 Å². The third-order valence-electron chi connectivity index (χ3n) is 11.8. The van der Waals surface area contributed by atoms with Crippen LogP contribution >= 0.6 is 0 Å². The number of ether oxygens (including phenoxy) is 8. The van der Waals surface area contributed by atoms with E-state index in [9.17, 15) is 43.8 Å². The van der Waals surface area contributed by atoms with Gasteiger partial charge in [0, 0.05) is 33.9 Å². The zero-order chi connectivity index (χ0) is 43.2. The highest BCUT2D eigenvalue weighted by molar-refractivity contribution is 5.91. The van der Waals surface area contributed by atoms with Crippen LogP contribution in [0.2, 0.25) is 0 Å². The Hall–Kier alpha value is -5.46. The summed E-state index contributed by atoms with van der Waals surface area (Å²) in [5.74, 6) is -9.39. The zero-order valence-corrected chi connectivity index (χ0v) is 33.5. The summed E-state index contributed by atoms with van der Waals surface area (Å²) in [5, 5.41) is 26.5. The summed E-state index contributed by atoms with van der Waals surface area (Å²) in [7, 11) is 0. The van der Waals surface area contributed by atoms with E-state index in [4.69, 9.17) is 37.9 Å². The molecule has 4 aliphatic rings. The summed E-state index contributed by atoms with van der Waals surface area (Å²) >= 11 is 0. The van der Waals surface area contributed by atoms with Crippen LogP contribution in [0.5, 0.6) is 0 Å². The average molecular weight is 826 g/mol. The molecule has 318 valence electrons. The molecular formula is C41H47NO17. The molecule has 12 atom stereocenters. The number of hydrogen-bond acceptors (Lipinski definition) is 18. The standard InChI is InChI=1S/C41H47NO17/c1-20-15-16-27-26(14-11-17-42-27)37(50)53-18-38(6)28-29(54-22(3)44)34(56-24(5)46)40(19-52-21(2)43)31(47)30(57-36(49)25-12-9-8-10-13-25)33(58-35(20)48)39(7,51)41(40,59-38)32(28)55-23(4)45/h8-14,17,20,28-34,47,51H,15-16,18-19H2,1-7H3/t20-,28-,29-,30+,31-,32+,33-,34+,38+,39-,40+,41-/m0/s1. The number of rotatable bonds is 7. The van der Waals surface area contributed by atoms with Crippen molar-refractivity contribution in [2.75, 3.05) is 13.2 Å². The van der Waals surface area contributed by atoms with E-state index in [1.54, 1.807) is 6.07 Å². The third kappa shape index (κ3) is 7.20. The molecule has 6 rings (SSSR count). The second kappa shape index (κ2) is 16.0. The zero-order valence-electron chi connectivity index (χ0n) is 33.5. The van der Waals surface area contributed by atoms with Gasteiger partial charge in [-0.15, -0.1) is 0 Å². The van der Waals surface area contributed by atoms with Crippen LogP contribution in [0.4, 0.5) is 0 Å². The van der Waals surface area contributed by atoms with E-state index in [0.29, 0.717) is 0 Å². The predicted molar refractivity (Wildman–Crippen MR) is 196 cm³/mol. The molecule has 2 aromatic rings. The van der Waals surface area contributed by atoms with Crippen LogP contribution in [0, 0.1) is 17.3 Å². The number of fused-ring (bicyclic) bond motifs is 5. The Labute approximate surface area is 338 Å². The third-order valence-corrected chi connectivity index (χ3v) is 11.8. The van der Waals surface area contributed by atoms with Gasteiger partial charge in [0.05, 0.1) is 28.7 Å². The minimum absolute atomic E-state index is 0.0287. The van der Waals surface area contributed by atoms with Crippen molar-refractivity contribution in [1.82, 2.24) is 4.98 Å². The Balaban J connectivity index is 1.72. The molecule has 18 nitrogen and oxygen atoms in total. The van der Waals surface area contributed by atoms with Crippen molar-refractivity contribution in [3.05, 3.63) is 65.5 Å². The number of aliphatic hydroxyl groups is 2. The lowest BCUT2D eigenvalue weighted by Crippen LogP contribution is -2.89. The topological polar surface area (TPSA) is 247 Å². The van der Waals surface area contributed by atoms with Crippen molar-refractivity contribution >= 4 is 41.8 Å². The number of esters is 7. The van der Waals surface area contributed by atoms with E-state index in [0.717, 1.165) is 34.6 Å². The van der Waals surface area contributed by atoms with E-state index < -0.39 is 126 Å². The molecule has 2 aliphatic heterocycles. The van der Waals surface area contributed by atoms with Gasteiger partial charge in [-0.25, -0.2) is 9.59 Å². The number of cyclic esters (lactones) is 1. The van der Waals surface area contributed by atoms with Crippen molar-refractivity contribution in [2.24, 2.45) is 17.3 Å². The quantitative estimate of drug-likeness (QED) is 0.297. The number of nitrogens with zero attached hydrogens (tertiary/aromatic N) is 1. The van der Waals surface area contributed by atoms with Crippen LogP contribution in [0.1, 0.15) is 81.3 Å². The highest BCUT2D eigenvalue weighted by Gasteiger charge is 2.91. The number of carbonyl (C=O) groups is 7. The second-order valence-corrected chi connectivity index (χ2v) is 15.8. The molecule has 1 spiro atoms. The SMILES string of the molecule is CC(=O)OC[C@@]12[C@H](OC(C)=O)[C@@H](OC(C)=O)[C@H]3[C@@H](OC(C)=O)[C@@]14O[C@]3(C)COC(=O)c1cccnc1CC[C@H](C)C(=O)O[C@@H]([C@H](OC(=O)c1ccccc1)[C@@H]2O)[C@]4(C)O. The number of aryl methyl sites for hydroxylation is 1. The summed E-state index contributed by atoms with van der Waals surface area (Å²) in [6, 6.07) is 10.5. The largest absolute Gasteiger partial charge is 0.465 e. The molecular weight excluding hydrogens is 778 g/mol. The lowest BCUT2D eigenvalue weighted by molar-refractivity contribution is -0.385. The summed E-state index contributed by atoms with van der Waals surface area (Å²) < 4.78 is 48.4. The summed E-state index contributed by atoms with van der Waals surface area (Å²) in [6.45, 7) is 6.28. The fourth-order valence-corrected chi connectivity index (χ4v) is 9.41. The number of pyridine rings is 1. The monoisotopic (exact) mass is 825 g/mol. The van der Waals surface area contributed by atoms with E-state index in [-0.39, 0.29) is 29.7 Å². The van der Waals surface area contributed by atoms with Crippen LogP contribution in [-0.2, 0) is 68.3 Å². The number of carbonyl (C=O) groups excluding carboxylic acids is 7. The van der Waals surface area contributed by atoms with Crippen LogP contribution in [0.15, 0.2) is 48.7 Å². The molecule has 59 heavy (non-hydrogen) atoms. The Morgan fingerprint density at radius 2 is 1.49 bits per heavy atom. The Morgan fingerprint density at radius 1 is 0.847 bits per heavy atom. The second-order valence-electron chi connectivity index (χ2n) is 15.8. The minimum Gasteiger partial charge on any atom is -0.465 e. The van der Waals surface area contributed by atoms with E-state index >= 15 is 0 Å². The molecule has 3 fully saturated rings. The summed E-state index contributed by atoms with van der Waals surface area (Å²) in [5.41, 5.74) is -9.93. The Bertz CT molecular complexity index is 2020. The van der Waals surface area contributed by atoms with E-state index in [1.807, 2.05) is 0 Å². The van der Waals surface area contributed by atoms with Crippen molar-refractivity contribution in [3.63, 3.8) is 0 Å². The number of hydrogen-bond donors (Lipinski definition) is 2. The molecule has 1 saturated heterocycles. The normalized spacial score (nSPS) is 36.3. The Kier molecular flexibility index (Phi) is 11.7. The summed E-state index contributed by atoms with van der Waals surface area (Å²) in [6.07, 6.45) is -10.6. The molecule has 18 heteroatoms. The maximum atomic E-state index is 14.2. The van der Waals surface area contributed by atoms with Crippen molar-refractivity contribution in [2.45, 2.75) is 115 Å². The number of aromatic nitrogens is 1. The molecule has 2 aliphatic carbocycles. The molecule has 2 saturated carbocycles. The van der Waals surface area contributed by atoms with Crippen LogP contribution in [0.25, 0.3) is 0 Å². The Morgan fingerprint density at radius 3 is 2.12 bits per heavy atom. The molecule has 4 bridgehead atoms. The van der Waals surface area contributed by atoms with E-state index in [2.05, 4.69) is 4.98 Å². The average Bonchev–Trinajstić information content (AvgIpc) is 3.39. The first-order chi connectivity index (χ1) is 27.7. The fraction of sp³-hybridized carbons (Fsp3) is 0.561. The minimum atomic E-state index is -2.81. The van der Waals surface area contributed by atoms with Gasteiger partial charge in [0.2, 0.25) is 0 Å². The van der Waals surface area contributed by atoms with Gasteiger partial charge in [-0.2, -0.15) is 0 Å². The van der Waals surface area contributed by atoms with Crippen molar-refractivity contribution < 1.29 is 81.7 Å². The molecule has 1 aromatic heterocycles. The smallest absolute Gasteiger partial charge is 0.340 e. The van der Waals surface area contributed by atoms with Gasteiger partial charge in [-0.3, -0.25) is 29.0 Å². The van der Waals surface area contributed by atoms with Gasteiger partial charge in [-0.05, 0) is 51.0 Å². The van der Waals surface area contributed by atoms with Crippen molar-refractivity contribution in [1.29, 1.82) is 0 Å². The maximum absolute atomic E-state index is 14.2. The van der Waals surface area contributed by atoms with Gasteiger partial charge in [0.15, 0.2) is 23.9 Å². The van der Waals surface area contributed by atoms with Gasteiger partial charge < -0.3 is 48.1 Å². The van der Waals surface area contributed by atoms with E-state index in [1.165, 1.54) is 56.4 Å². The number of aliphatic hydroxyl groups excluding tert-OH is 1. The van der Waals surface area contributed by atoms with Gasteiger partial charge in [-0.1, -0.05) is 25.1 Å². The lowest BCUT2D eigenvalue weighted by atomic mass is 9.45. The van der Waals surface area contributed by atoms with Gasteiger partial charge in [0.25, 0.3) is 0 Å². The van der Waals surface area contributed by atoms with Crippen LogP contribution in [-0.4, -0.2) is 124 Å². The highest BCUT2D eigenvalue weighted by atomic mass is 16.7. The first-order valence-corrected chi connectivity index (χ1v) is 19.0. The van der Waals surface area contributed by atoms with Crippen LogP contribution in [0.3, 0.4) is 0 Å². The molecule has 0 radical (unpaired) electrons. The summed E-state index contributed by atoms with van der Waals surface area (Å²) in [4.78, 5) is 98.6. The lowest BCUT2D eigenvalue weighted by Gasteiger charge is -2.67. The molecule has 1 aromatic carbocycles. The highest BCUT2D eigenvalue weighted by Crippen LogP contribution is 2.69. The van der Waals surface area contributed by atoms with Crippen LogP contribution < -0.4 is 0 Å². The number of benzene rings is 1. The first-order valence-electron chi connectivity index (χ1n) is 19.0. The molecule has 0 amide bonds. The van der Waals surface area contributed by atoms with Crippen molar-refractivity contribution in [3.8, 4) is 0 Å². The fourth-order valence-electron chi connectivity index (χ4n) is 9.41. The molecule has 2 N–H and O–H groups in total. The predicted octanol–water partition coefficient (Wildman–Crippen LogP) is 1.59. The maximum Gasteiger partial charge on any atom is 0.340 e. The first kappa shape index (κ1) is 43.1. The molecule has 3 heterocycles. The molecule has 0 unspecified atom stereocenters.